The van der Waals surface area contributed by atoms with Gasteiger partial charge in [0.15, 0.2) is 5.13 Å². The van der Waals surface area contributed by atoms with Crippen molar-refractivity contribution in [1.29, 1.82) is 0 Å². The van der Waals surface area contributed by atoms with E-state index in [1.165, 1.54) is 30.6 Å². The van der Waals surface area contributed by atoms with E-state index in [4.69, 9.17) is 5.73 Å². The number of hydrogen-bond acceptors (Lipinski definition) is 4. The number of fused-ring (bicyclic) bond motifs is 5. The molecule has 0 aromatic carbocycles. The van der Waals surface area contributed by atoms with Gasteiger partial charge in [-0.3, -0.25) is 4.79 Å². The Balaban J connectivity index is 1.35. The predicted molar refractivity (Wildman–Crippen MR) is 70.0 cm³/mol. The molecular formula is C13H17N3OS. The van der Waals surface area contributed by atoms with Gasteiger partial charge in [-0.15, -0.1) is 11.3 Å². The fraction of sp³-hybridized carbons (Fsp3) is 0.692. The lowest BCUT2D eigenvalue weighted by Gasteiger charge is -2.09. The Hall–Kier alpha value is -1.10. The summed E-state index contributed by atoms with van der Waals surface area (Å²) >= 11 is 1.40. The van der Waals surface area contributed by atoms with Gasteiger partial charge in [-0.05, 0) is 42.9 Å². The topological polar surface area (TPSA) is 68.0 Å². The van der Waals surface area contributed by atoms with Crippen LogP contribution in [-0.2, 0) is 11.2 Å². The van der Waals surface area contributed by atoms with Crippen LogP contribution in [0.3, 0.4) is 0 Å². The largest absolute Gasteiger partial charge is 0.375 e. The number of carbonyl (C=O) groups is 1. The average molecular weight is 263 g/mol. The molecule has 96 valence electrons. The van der Waals surface area contributed by atoms with Gasteiger partial charge in [0.2, 0.25) is 5.91 Å². The minimum atomic E-state index is 0.110. The van der Waals surface area contributed by atoms with Crippen molar-refractivity contribution in [2.45, 2.75) is 31.7 Å². The molecule has 3 fully saturated rings. The zero-order chi connectivity index (χ0) is 12.3. The molecule has 3 saturated carbocycles. The van der Waals surface area contributed by atoms with E-state index >= 15 is 0 Å². The van der Waals surface area contributed by atoms with Gasteiger partial charge in [-0.2, -0.15) is 0 Å². The Morgan fingerprint density at radius 3 is 2.78 bits per heavy atom. The molecule has 3 N–H and O–H groups in total. The first-order valence-electron chi connectivity index (χ1n) is 6.71. The van der Waals surface area contributed by atoms with Crippen molar-refractivity contribution in [2.75, 3.05) is 5.73 Å². The highest BCUT2D eigenvalue weighted by atomic mass is 32.1. The van der Waals surface area contributed by atoms with Gasteiger partial charge in [-0.1, -0.05) is 0 Å². The molecule has 1 aromatic rings. The Bertz CT molecular complexity index is 484. The minimum Gasteiger partial charge on any atom is -0.375 e. The van der Waals surface area contributed by atoms with Crippen molar-refractivity contribution >= 4 is 22.4 Å². The van der Waals surface area contributed by atoms with E-state index in [1.54, 1.807) is 0 Å². The van der Waals surface area contributed by atoms with Crippen LogP contribution < -0.4 is 11.1 Å². The quantitative estimate of drug-likeness (QED) is 0.867. The van der Waals surface area contributed by atoms with Gasteiger partial charge in [0.1, 0.15) is 0 Å². The highest BCUT2D eigenvalue weighted by molar-refractivity contribution is 7.13. The lowest BCUT2D eigenvalue weighted by atomic mass is 10.0. The second kappa shape index (κ2) is 3.70. The summed E-state index contributed by atoms with van der Waals surface area (Å²) in [5.74, 6) is 3.51. The Morgan fingerprint density at radius 2 is 2.17 bits per heavy atom. The number of nitrogen functional groups attached to an aromatic ring is 1. The fourth-order valence-corrected chi connectivity index (χ4v) is 4.89. The van der Waals surface area contributed by atoms with Crippen molar-refractivity contribution < 1.29 is 4.79 Å². The van der Waals surface area contributed by atoms with Crippen molar-refractivity contribution in [3.8, 4) is 0 Å². The minimum absolute atomic E-state index is 0.110. The summed E-state index contributed by atoms with van der Waals surface area (Å²) in [6.45, 7) is 0. The molecule has 4 unspecified atom stereocenters. The number of nitrogens with two attached hydrogens (primary N) is 1. The molecule has 2 bridgehead atoms. The predicted octanol–water partition coefficient (Wildman–Crippen LogP) is 1.43. The lowest BCUT2D eigenvalue weighted by Crippen LogP contribution is -2.31. The SMILES string of the molecule is Nc1nc(CC(=O)NC2C3C4CCC(C4)C23)cs1. The standard InChI is InChI=1S/C13H17N3OS/c14-13-15-8(5-18-13)4-9(17)16-12-10-6-1-2-7(3-6)11(10)12/h5-7,10-12H,1-4H2,(H2,14,15)(H,16,17). The van der Waals surface area contributed by atoms with Gasteiger partial charge in [0, 0.05) is 11.4 Å². The number of aromatic nitrogens is 1. The molecule has 5 heteroatoms. The Morgan fingerprint density at radius 1 is 1.44 bits per heavy atom. The monoisotopic (exact) mass is 263 g/mol. The van der Waals surface area contributed by atoms with Crippen LogP contribution in [0.5, 0.6) is 0 Å². The second-order valence-corrected chi connectivity index (χ2v) is 6.82. The van der Waals surface area contributed by atoms with Crippen molar-refractivity contribution in [3.63, 3.8) is 0 Å². The summed E-state index contributed by atoms with van der Waals surface area (Å²) in [6.07, 6.45) is 4.57. The van der Waals surface area contributed by atoms with Crippen molar-refractivity contribution in [1.82, 2.24) is 10.3 Å². The maximum absolute atomic E-state index is 11.9. The first-order valence-corrected chi connectivity index (χ1v) is 7.59. The molecule has 1 aromatic heterocycles. The summed E-state index contributed by atoms with van der Waals surface area (Å²) in [5.41, 5.74) is 6.36. The summed E-state index contributed by atoms with van der Waals surface area (Å²) in [7, 11) is 0. The fourth-order valence-electron chi connectivity index (χ4n) is 4.32. The molecule has 1 amide bonds. The third-order valence-corrected chi connectivity index (χ3v) is 5.70. The van der Waals surface area contributed by atoms with E-state index in [0.29, 0.717) is 17.6 Å². The number of amides is 1. The van der Waals surface area contributed by atoms with Crippen molar-refractivity contribution in [3.05, 3.63) is 11.1 Å². The average Bonchev–Trinajstić information content (AvgIpc) is 2.75. The summed E-state index contributed by atoms with van der Waals surface area (Å²) in [6, 6.07) is 0.472. The Kier molecular flexibility index (Phi) is 2.22. The van der Waals surface area contributed by atoms with E-state index in [2.05, 4.69) is 10.3 Å². The molecule has 0 aliphatic heterocycles. The van der Waals surface area contributed by atoms with E-state index in [9.17, 15) is 4.79 Å². The third kappa shape index (κ3) is 1.56. The van der Waals surface area contributed by atoms with Gasteiger partial charge in [0.25, 0.3) is 0 Å². The van der Waals surface area contributed by atoms with Gasteiger partial charge < -0.3 is 11.1 Å². The number of nitrogens with zero attached hydrogens (tertiary/aromatic N) is 1. The molecule has 1 heterocycles. The van der Waals surface area contributed by atoms with Crippen LogP contribution in [0.15, 0.2) is 5.38 Å². The van der Waals surface area contributed by atoms with Gasteiger partial charge in [0.05, 0.1) is 12.1 Å². The zero-order valence-corrected chi connectivity index (χ0v) is 11.0. The molecule has 3 aliphatic rings. The van der Waals surface area contributed by atoms with Crippen LogP contribution in [0.25, 0.3) is 0 Å². The van der Waals surface area contributed by atoms with Crippen LogP contribution in [0.4, 0.5) is 5.13 Å². The first-order chi connectivity index (χ1) is 8.72. The van der Waals surface area contributed by atoms with E-state index in [-0.39, 0.29) is 5.91 Å². The molecule has 0 radical (unpaired) electrons. The first kappa shape index (κ1) is 10.8. The van der Waals surface area contributed by atoms with Gasteiger partial charge >= 0.3 is 0 Å². The number of carbonyl (C=O) groups excluding carboxylic acids is 1. The van der Waals surface area contributed by atoms with Crippen LogP contribution in [0, 0.1) is 23.7 Å². The summed E-state index contributed by atoms with van der Waals surface area (Å²) < 4.78 is 0. The molecule has 3 aliphatic carbocycles. The van der Waals surface area contributed by atoms with Gasteiger partial charge in [-0.25, -0.2) is 4.98 Å². The van der Waals surface area contributed by atoms with Crippen LogP contribution in [0.1, 0.15) is 25.0 Å². The molecular weight excluding hydrogens is 246 g/mol. The van der Waals surface area contributed by atoms with Crippen LogP contribution in [-0.4, -0.2) is 16.9 Å². The highest BCUT2D eigenvalue weighted by Gasteiger charge is 2.65. The molecule has 0 spiro atoms. The van der Waals surface area contributed by atoms with Crippen LogP contribution >= 0.6 is 11.3 Å². The summed E-state index contributed by atoms with van der Waals surface area (Å²) in [5, 5.41) is 5.61. The number of anilines is 1. The number of nitrogens with one attached hydrogen (secondary N) is 1. The molecule has 18 heavy (non-hydrogen) atoms. The van der Waals surface area contributed by atoms with E-state index in [1.807, 2.05) is 5.38 Å². The van der Waals surface area contributed by atoms with Crippen molar-refractivity contribution in [2.24, 2.45) is 23.7 Å². The number of thiazole rings is 1. The third-order valence-electron chi connectivity index (χ3n) is 4.97. The Labute approximate surface area is 110 Å². The number of rotatable bonds is 3. The normalized spacial score (nSPS) is 39.7. The lowest BCUT2D eigenvalue weighted by molar-refractivity contribution is -0.120. The maximum Gasteiger partial charge on any atom is 0.226 e. The molecule has 4 atom stereocenters. The van der Waals surface area contributed by atoms with Crippen LogP contribution in [0.2, 0.25) is 0 Å². The molecule has 0 saturated heterocycles. The second-order valence-electron chi connectivity index (χ2n) is 5.94. The maximum atomic E-state index is 11.9. The highest BCUT2D eigenvalue weighted by Crippen LogP contribution is 2.65. The summed E-state index contributed by atoms with van der Waals surface area (Å²) in [4.78, 5) is 16.1. The van der Waals surface area contributed by atoms with E-state index < -0.39 is 0 Å². The molecule has 4 nitrogen and oxygen atoms in total. The molecule has 4 rings (SSSR count). The smallest absolute Gasteiger partial charge is 0.226 e. The zero-order valence-electron chi connectivity index (χ0n) is 10.1. The van der Waals surface area contributed by atoms with E-state index in [0.717, 1.165) is 29.4 Å². The number of hydrogen-bond donors (Lipinski definition) is 2.